The first-order valence-corrected chi connectivity index (χ1v) is 9.64. The maximum absolute atomic E-state index is 12.3. The number of likely N-dealkylation sites (tertiary alicyclic amines) is 1. The number of nitrogens with one attached hydrogen (secondary N) is 1. The fraction of sp³-hybridized carbons (Fsp3) is 0.389. The summed E-state index contributed by atoms with van der Waals surface area (Å²) in [6, 6.07) is 4.18. The van der Waals surface area contributed by atoms with E-state index in [9.17, 15) is 4.79 Å². The van der Waals surface area contributed by atoms with E-state index < -0.39 is 0 Å². The van der Waals surface area contributed by atoms with Crippen molar-refractivity contribution in [1.82, 2.24) is 19.9 Å². The highest BCUT2D eigenvalue weighted by atomic mass is 32.2. The zero-order chi connectivity index (χ0) is 16.5. The number of fused-ring (bicyclic) bond motifs is 3. The Morgan fingerprint density at radius 2 is 2.33 bits per heavy atom. The van der Waals surface area contributed by atoms with Crippen LogP contribution in [0.3, 0.4) is 0 Å². The number of rotatable bonds is 3. The Labute approximate surface area is 144 Å². The van der Waals surface area contributed by atoms with Crippen LogP contribution in [0.5, 0.6) is 0 Å². The average molecular weight is 340 g/mol. The van der Waals surface area contributed by atoms with Crippen LogP contribution in [0.2, 0.25) is 0 Å². The molecule has 0 bridgehead atoms. The Morgan fingerprint density at radius 1 is 1.42 bits per heavy atom. The van der Waals surface area contributed by atoms with Gasteiger partial charge in [0, 0.05) is 42.2 Å². The number of thioether (sulfide) groups is 1. The number of carbonyl (C=O) groups excluding carboxylic acids is 1. The summed E-state index contributed by atoms with van der Waals surface area (Å²) in [4.78, 5) is 26.4. The number of H-pyrrole nitrogens is 1. The molecule has 1 unspecified atom stereocenters. The summed E-state index contributed by atoms with van der Waals surface area (Å²) in [5, 5.41) is 2.29. The Kier molecular flexibility index (Phi) is 4.14. The van der Waals surface area contributed by atoms with E-state index in [-0.39, 0.29) is 5.91 Å². The van der Waals surface area contributed by atoms with Crippen LogP contribution in [0.25, 0.3) is 21.9 Å². The largest absolute Gasteiger partial charge is 0.346 e. The first-order chi connectivity index (χ1) is 11.8. The average Bonchev–Trinajstić information content (AvgIpc) is 3.10. The molecular weight excluding hydrogens is 320 g/mol. The molecular formula is C18H20N4OS. The molecule has 4 rings (SSSR count). The molecule has 1 aliphatic rings. The van der Waals surface area contributed by atoms with Gasteiger partial charge in [-0.1, -0.05) is 0 Å². The van der Waals surface area contributed by atoms with Crippen molar-refractivity contribution in [3.05, 3.63) is 36.3 Å². The molecule has 1 aliphatic heterocycles. The van der Waals surface area contributed by atoms with Gasteiger partial charge in [-0.2, -0.15) is 11.8 Å². The third-order valence-electron chi connectivity index (χ3n) is 4.80. The molecule has 24 heavy (non-hydrogen) atoms. The summed E-state index contributed by atoms with van der Waals surface area (Å²) in [6.07, 6.45) is 9.75. The standard InChI is InChI=1S/C18H20N4OS/c1-24-11-16(23)22-8-2-3-12(10-22)13-4-6-19-15-9-21-18-14(17(13)15)5-7-20-18/h4-7,9,12H,2-3,8,10-11H2,1H3,(H,20,21). The second-order valence-electron chi connectivity index (χ2n) is 6.27. The molecule has 4 heterocycles. The van der Waals surface area contributed by atoms with Gasteiger partial charge in [0.25, 0.3) is 0 Å². The fourth-order valence-electron chi connectivity index (χ4n) is 3.69. The van der Waals surface area contributed by atoms with E-state index >= 15 is 0 Å². The number of aromatic nitrogens is 3. The van der Waals surface area contributed by atoms with Crippen molar-refractivity contribution >= 4 is 39.6 Å². The molecule has 5 nitrogen and oxygen atoms in total. The minimum Gasteiger partial charge on any atom is -0.346 e. The third kappa shape index (κ3) is 2.65. The SMILES string of the molecule is CSCC(=O)N1CCCC(c2ccnc3cnc4[nH]ccc4c23)C1. The first kappa shape index (κ1) is 15.4. The molecule has 1 N–H and O–H groups in total. The normalized spacial score (nSPS) is 18.4. The summed E-state index contributed by atoms with van der Waals surface area (Å²) in [5.74, 6) is 1.17. The van der Waals surface area contributed by atoms with Crippen molar-refractivity contribution in [1.29, 1.82) is 0 Å². The highest BCUT2D eigenvalue weighted by Gasteiger charge is 2.26. The van der Waals surface area contributed by atoms with Crippen molar-refractivity contribution in [2.24, 2.45) is 0 Å². The van der Waals surface area contributed by atoms with E-state index in [0.717, 1.165) is 42.5 Å². The van der Waals surface area contributed by atoms with E-state index in [4.69, 9.17) is 0 Å². The van der Waals surface area contributed by atoms with Crippen LogP contribution in [0.1, 0.15) is 24.3 Å². The monoisotopic (exact) mass is 340 g/mol. The lowest BCUT2D eigenvalue weighted by Crippen LogP contribution is -2.40. The van der Waals surface area contributed by atoms with Gasteiger partial charge in [0.1, 0.15) is 5.65 Å². The van der Waals surface area contributed by atoms with E-state index in [2.05, 4.69) is 27.1 Å². The van der Waals surface area contributed by atoms with Crippen LogP contribution in [0.4, 0.5) is 0 Å². The van der Waals surface area contributed by atoms with Crippen LogP contribution in [0, 0.1) is 0 Å². The van der Waals surface area contributed by atoms with Crippen molar-refractivity contribution in [3.8, 4) is 0 Å². The number of carbonyl (C=O) groups is 1. The Bertz CT molecular complexity index is 891. The lowest BCUT2D eigenvalue weighted by Gasteiger charge is -2.33. The van der Waals surface area contributed by atoms with Gasteiger partial charge in [-0.25, -0.2) is 4.98 Å². The molecule has 0 radical (unpaired) electrons. The smallest absolute Gasteiger partial charge is 0.232 e. The van der Waals surface area contributed by atoms with Gasteiger partial charge in [-0.15, -0.1) is 0 Å². The van der Waals surface area contributed by atoms with E-state index in [1.54, 1.807) is 11.8 Å². The molecule has 1 atom stereocenters. The Morgan fingerprint density at radius 3 is 3.21 bits per heavy atom. The minimum atomic E-state index is 0.249. The van der Waals surface area contributed by atoms with Gasteiger partial charge in [0.15, 0.2) is 0 Å². The number of piperidine rings is 1. The predicted molar refractivity (Wildman–Crippen MR) is 98.3 cm³/mol. The molecule has 0 aliphatic carbocycles. The fourth-order valence-corrected chi connectivity index (χ4v) is 4.12. The van der Waals surface area contributed by atoms with Gasteiger partial charge in [0.05, 0.1) is 17.5 Å². The molecule has 1 amide bonds. The number of nitrogens with zero attached hydrogens (tertiary/aromatic N) is 3. The maximum Gasteiger partial charge on any atom is 0.232 e. The van der Waals surface area contributed by atoms with E-state index in [1.165, 1.54) is 10.9 Å². The van der Waals surface area contributed by atoms with Gasteiger partial charge < -0.3 is 9.88 Å². The first-order valence-electron chi connectivity index (χ1n) is 8.25. The molecule has 3 aromatic rings. The number of hydrogen-bond donors (Lipinski definition) is 1. The topological polar surface area (TPSA) is 61.9 Å². The van der Waals surface area contributed by atoms with Gasteiger partial charge in [0.2, 0.25) is 5.91 Å². The van der Waals surface area contributed by atoms with Gasteiger partial charge in [-0.05, 0) is 36.8 Å². The molecule has 1 fully saturated rings. The zero-order valence-electron chi connectivity index (χ0n) is 13.7. The molecule has 124 valence electrons. The molecule has 0 saturated carbocycles. The Hall–Kier alpha value is -2.08. The second kappa shape index (κ2) is 6.43. The van der Waals surface area contributed by atoms with E-state index in [1.807, 2.05) is 29.7 Å². The molecule has 6 heteroatoms. The lowest BCUT2D eigenvalue weighted by atomic mass is 9.88. The van der Waals surface area contributed by atoms with Crippen LogP contribution < -0.4 is 0 Å². The van der Waals surface area contributed by atoms with E-state index in [0.29, 0.717) is 11.7 Å². The molecule has 0 spiro atoms. The lowest BCUT2D eigenvalue weighted by molar-refractivity contribution is -0.129. The van der Waals surface area contributed by atoms with Crippen molar-refractivity contribution < 1.29 is 4.79 Å². The zero-order valence-corrected chi connectivity index (χ0v) is 14.5. The van der Waals surface area contributed by atoms with Crippen molar-refractivity contribution in [3.63, 3.8) is 0 Å². The maximum atomic E-state index is 12.3. The van der Waals surface area contributed by atoms with Crippen molar-refractivity contribution in [2.45, 2.75) is 18.8 Å². The summed E-state index contributed by atoms with van der Waals surface area (Å²) in [5.41, 5.74) is 3.10. The second-order valence-corrected chi connectivity index (χ2v) is 7.14. The van der Waals surface area contributed by atoms with Gasteiger partial charge >= 0.3 is 0 Å². The van der Waals surface area contributed by atoms with Crippen molar-refractivity contribution in [2.75, 3.05) is 25.1 Å². The van der Waals surface area contributed by atoms with Crippen LogP contribution in [-0.4, -0.2) is 50.9 Å². The summed E-state index contributed by atoms with van der Waals surface area (Å²) >= 11 is 1.59. The summed E-state index contributed by atoms with van der Waals surface area (Å²) in [7, 11) is 0. The predicted octanol–water partition coefficient (Wildman–Crippen LogP) is 3.18. The highest BCUT2D eigenvalue weighted by molar-refractivity contribution is 7.99. The minimum absolute atomic E-state index is 0.249. The summed E-state index contributed by atoms with van der Waals surface area (Å²) < 4.78 is 0. The number of hydrogen-bond acceptors (Lipinski definition) is 4. The van der Waals surface area contributed by atoms with Crippen LogP contribution in [-0.2, 0) is 4.79 Å². The number of pyridine rings is 2. The third-order valence-corrected chi connectivity index (χ3v) is 5.34. The number of aromatic amines is 1. The number of amides is 1. The van der Waals surface area contributed by atoms with Gasteiger partial charge in [-0.3, -0.25) is 9.78 Å². The highest BCUT2D eigenvalue weighted by Crippen LogP contribution is 2.34. The molecule has 0 aromatic carbocycles. The molecule has 3 aromatic heterocycles. The van der Waals surface area contributed by atoms with Crippen LogP contribution >= 0.6 is 11.8 Å². The summed E-state index contributed by atoms with van der Waals surface area (Å²) in [6.45, 7) is 1.67. The Balaban J connectivity index is 1.75. The van der Waals surface area contributed by atoms with Crippen LogP contribution in [0.15, 0.2) is 30.7 Å². The molecule has 1 saturated heterocycles. The quantitative estimate of drug-likeness (QED) is 0.795.